The number of carbonyl (C=O) groups is 1. The second-order valence-corrected chi connectivity index (χ2v) is 4.80. The minimum Gasteiger partial charge on any atom is -0.493 e. The highest BCUT2D eigenvalue weighted by Gasteiger charge is 2.25. The van der Waals surface area contributed by atoms with Crippen LogP contribution in [0.5, 0.6) is 11.5 Å². The van der Waals surface area contributed by atoms with Crippen molar-refractivity contribution in [1.29, 1.82) is 0 Å². The molecule has 1 heterocycles. The number of hydrogen-bond donors (Lipinski definition) is 1. The van der Waals surface area contributed by atoms with Gasteiger partial charge in [0.2, 0.25) is 5.91 Å². The third-order valence-corrected chi connectivity index (χ3v) is 3.40. The molecule has 1 aliphatic heterocycles. The van der Waals surface area contributed by atoms with Gasteiger partial charge >= 0.3 is 0 Å². The van der Waals surface area contributed by atoms with Crippen molar-refractivity contribution in [3.63, 3.8) is 0 Å². The lowest BCUT2D eigenvalue weighted by molar-refractivity contribution is -0.119. The number of amides is 1. The fourth-order valence-electron chi connectivity index (χ4n) is 2.35. The van der Waals surface area contributed by atoms with E-state index in [0.717, 1.165) is 0 Å². The summed E-state index contributed by atoms with van der Waals surface area (Å²) in [5.41, 5.74) is -0.257. The Balaban J connectivity index is 2.20. The van der Waals surface area contributed by atoms with E-state index in [2.05, 4.69) is 5.32 Å². The van der Waals surface area contributed by atoms with Gasteiger partial charge in [0.25, 0.3) is 0 Å². The summed E-state index contributed by atoms with van der Waals surface area (Å²) >= 11 is 0. The molecular weight excluding hydrogens is 254 g/mol. The molecule has 0 spiro atoms. The first-order chi connectivity index (χ1) is 13.3. The monoisotopic (exact) mass is 284 g/mol. The van der Waals surface area contributed by atoms with E-state index >= 15 is 0 Å². The molecule has 1 atom stereocenters. The Kier molecular flexibility index (Phi) is 1.83. The average Bonchev–Trinajstić information content (AvgIpc) is 3.14. The van der Waals surface area contributed by atoms with Crippen LogP contribution in [-0.4, -0.2) is 25.6 Å². The number of methoxy groups -OCH3 is 1. The van der Waals surface area contributed by atoms with Gasteiger partial charge in [-0.2, -0.15) is 0 Å². The van der Waals surface area contributed by atoms with Gasteiger partial charge in [0.05, 0.1) is 22.7 Å². The molecule has 0 aromatic heterocycles. The summed E-state index contributed by atoms with van der Waals surface area (Å²) in [6, 6.07) is -1.86. The van der Waals surface area contributed by atoms with Gasteiger partial charge in [-0.15, -0.1) is 0 Å². The molecule has 2 fully saturated rings. The fourth-order valence-corrected chi connectivity index (χ4v) is 2.35. The predicted octanol–water partition coefficient (Wildman–Crippen LogP) is 2.62. The van der Waals surface area contributed by atoms with Crippen molar-refractivity contribution in [3.8, 4) is 11.5 Å². The number of rotatable bonds is 4. The van der Waals surface area contributed by atoms with E-state index in [1.807, 2.05) is 0 Å². The molecule has 1 aliphatic carbocycles. The molecule has 1 saturated heterocycles. The van der Waals surface area contributed by atoms with Gasteiger partial charge in [0.1, 0.15) is 0 Å². The third kappa shape index (κ3) is 2.74. The highest BCUT2D eigenvalue weighted by Crippen LogP contribution is 2.35. The molecular formula is C16H21NO3. The maximum atomic E-state index is 11.8. The normalized spacial score (nSPS) is 34.1. The van der Waals surface area contributed by atoms with Crippen LogP contribution < -0.4 is 14.8 Å². The molecule has 0 bridgehead atoms. The van der Waals surface area contributed by atoms with Crippen LogP contribution in [0.4, 0.5) is 0 Å². The summed E-state index contributed by atoms with van der Waals surface area (Å²) in [6.45, 7) is -0.187. The van der Waals surface area contributed by atoms with Crippen molar-refractivity contribution in [2.45, 2.75) is 44.1 Å². The first kappa shape index (κ1) is 6.37. The van der Waals surface area contributed by atoms with E-state index < -0.39 is 60.9 Å². The van der Waals surface area contributed by atoms with Gasteiger partial charge in [-0.25, -0.2) is 0 Å². The van der Waals surface area contributed by atoms with Crippen molar-refractivity contribution in [2.24, 2.45) is 0 Å². The Labute approximate surface area is 132 Å². The fraction of sp³-hybridized carbons (Fsp3) is 0.562. The molecule has 108 valence electrons. The van der Waals surface area contributed by atoms with Gasteiger partial charge in [-0.05, 0) is 43.3 Å². The van der Waals surface area contributed by atoms with Gasteiger partial charge in [-0.3, -0.25) is 4.79 Å². The molecule has 1 saturated carbocycles. The van der Waals surface area contributed by atoms with Gasteiger partial charge in [0, 0.05) is 21.6 Å². The number of benzene rings is 1. The zero-order chi connectivity index (χ0) is 21.8. The minimum absolute atomic E-state index is 0.187. The second-order valence-electron chi connectivity index (χ2n) is 4.80. The largest absolute Gasteiger partial charge is 0.493 e. The van der Waals surface area contributed by atoms with Crippen molar-refractivity contribution < 1.29 is 26.6 Å². The Morgan fingerprint density at radius 1 is 1.45 bits per heavy atom. The maximum Gasteiger partial charge on any atom is 0.220 e. The summed E-state index contributed by atoms with van der Waals surface area (Å²) in [5, 5.41) is 2.34. The quantitative estimate of drug-likeness (QED) is 0.924. The molecule has 4 heteroatoms. The summed E-state index contributed by atoms with van der Waals surface area (Å²) in [5.74, 6) is -3.27. The topological polar surface area (TPSA) is 47.6 Å². The predicted molar refractivity (Wildman–Crippen MR) is 76.2 cm³/mol. The lowest BCUT2D eigenvalue weighted by Crippen LogP contribution is -2.14. The Bertz CT molecular complexity index is 834. The Morgan fingerprint density at radius 2 is 2.30 bits per heavy atom. The van der Waals surface area contributed by atoms with Crippen molar-refractivity contribution in [3.05, 3.63) is 23.7 Å². The molecule has 20 heavy (non-hydrogen) atoms. The molecule has 1 aromatic carbocycles. The minimum atomic E-state index is -2.99. The van der Waals surface area contributed by atoms with Crippen LogP contribution in [0.1, 0.15) is 55.9 Å². The molecule has 1 amide bonds. The Hall–Kier alpha value is -1.71. The number of ether oxygens (including phenoxy) is 2. The van der Waals surface area contributed by atoms with Crippen LogP contribution in [0.3, 0.4) is 0 Å². The van der Waals surface area contributed by atoms with Crippen LogP contribution in [0.2, 0.25) is 0 Å². The summed E-state index contributed by atoms with van der Waals surface area (Å²) in [7, 11) is -2.99. The molecule has 2 aliphatic rings. The molecule has 1 N–H and O–H groups in total. The second kappa shape index (κ2) is 5.73. The third-order valence-electron chi connectivity index (χ3n) is 3.40. The lowest BCUT2D eigenvalue weighted by atomic mass is 9.98. The van der Waals surface area contributed by atoms with Gasteiger partial charge in [0.15, 0.2) is 11.5 Å². The summed E-state index contributed by atoms with van der Waals surface area (Å²) in [6.07, 6.45) is -1.81. The molecule has 0 radical (unpaired) electrons. The lowest BCUT2D eigenvalue weighted by Gasteiger charge is -2.18. The van der Waals surface area contributed by atoms with Crippen molar-refractivity contribution in [1.82, 2.24) is 5.32 Å². The number of hydrogen-bond acceptors (Lipinski definition) is 3. The average molecular weight is 284 g/mol. The van der Waals surface area contributed by atoms with E-state index in [0.29, 0.717) is 25.7 Å². The molecule has 4 nitrogen and oxygen atoms in total. The van der Waals surface area contributed by atoms with Crippen LogP contribution in [-0.2, 0) is 4.79 Å². The summed E-state index contributed by atoms with van der Waals surface area (Å²) < 4.78 is 81.9. The van der Waals surface area contributed by atoms with Gasteiger partial charge in [-0.1, -0.05) is 6.04 Å². The van der Waals surface area contributed by atoms with Crippen LogP contribution in [0, 0.1) is 0 Å². The molecule has 1 aromatic rings. The molecule has 1 unspecified atom stereocenters. The highest BCUT2D eigenvalue weighted by molar-refractivity contribution is 5.79. The first-order valence-corrected chi connectivity index (χ1v) is 6.57. The van der Waals surface area contributed by atoms with E-state index in [1.54, 1.807) is 0 Å². The zero-order valence-corrected chi connectivity index (χ0v) is 10.8. The van der Waals surface area contributed by atoms with Crippen LogP contribution in [0.25, 0.3) is 0 Å². The molecule has 3 rings (SSSR count). The smallest absolute Gasteiger partial charge is 0.220 e. The Morgan fingerprint density at radius 3 is 3.00 bits per heavy atom. The maximum absolute atomic E-state index is 11.8. The van der Waals surface area contributed by atoms with Crippen molar-refractivity contribution in [2.75, 3.05) is 13.6 Å². The summed E-state index contributed by atoms with van der Waals surface area (Å²) in [4.78, 5) is 11.8. The number of carbonyl (C=O) groups excluding carboxylic acids is 1. The van der Waals surface area contributed by atoms with E-state index in [1.165, 1.54) is 0 Å². The highest BCUT2D eigenvalue weighted by atomic mass is 16.5. The SMILES string of the molecule is [2H]c1c([2H])c(C2CNC(=O)C2([2H])[2H])c([2H])c(OC2([2H])CCCC2)c1OC([2H])([2H])[2H]. The van der Waals surface area contributed by atoms with Crippen molar-refractivity contribution >= 4 is 5.91 Å². The van der Waals surface area contributed by atoms with E-state index in [4.69, 9.17) is 21.8 Å². The van der Waals surface area contributed by atoms with Gasteiger partial charge < -0.3 is 14.8 Å². The zero-order valence-electron chi connectivity index (χ0n) is 19.8. The van der Waals surface area contributed by atoms with E-state index in [-0.39, 0.29) is 12.1 Å². The van der Waals surface area contributed by atoms with Crippen LogP contribution >= 0.6 is 0 Å². The van der Waals surface area contributed by atoms with E-state index in [9.17, 15) is 4.79 Å². The van der Waals surface area contributed by atoms with Crippen LogP contribution in [0.15, 0.2) is 18.1 Å². The first-order valence-electron chi connectivity index (χ1n) is 11.1. The standard InChI is InChI=1S/C16H21NO3/c1-19-14-7-6-11(12-9-16(18)17-10-12)8-15(14)20-13-4-2-3-5-13/h6-8,12-13H,2-5,9-10H2,1H3,(H,17,18)/i1D3,6D,7D,8D,9D2,13D. The number of nitrogens with one attached hydrogen (secondary N) is 1.